The number of carbonyl (C=O) groups is 1. The molecule has 1 saturated carbocycles. The fourth-order valence-electron chi connectivity index (χ4n) is 1.96. The van der Waals surface area contributed by atoms with E-state index < -0.39 is 6.09 Å². The molecule has 2 aliphatic rings. The molecule has 1 heterocycles. The molecule has 1 aliphatic carbocycles. The van der Waals surface area contributed by atoms with E-state index in [1.165, 1.54) is 4.90 Å². The summed E-state index contributed by atoms with van der Waals surface area (Å²) in [5.74, 6) is 0. The largest absolute Gasteiger partial charge is 0.465 e. The summed E-state index contributed by atoms with van der Waals surface area (Å²) in [4.78, 5) is 11.8. The number of carboxylic acid groups (broad SMARTS) is 1. The van der Waals surface area contributed by atoms with Crippen molar-refractivity contribution in [2.75, 3.05) is 13.1 Å². The lowest BCUT2D eigenvalue weighted by molar-refractivity contribution is -0.0627. The Hall–Kier alpha value is -0.770. The van der Waals surface area contributed by atoms with E-state index in [-0.39, 0.29) is 11.5 Å². The summed E-state index contributed by atoms with van der Waals surface area (Å²) in [6.45, 7) is 1.31. The number of hydrogen-bond acceptors (Lipinski definition) is 2. The molecule has 1 spiro atoms. The van der Waals surface area contributed by atoms with Gasteiger partial charge in [0.1, 0.15) is 0 Å². The van der Waals surface area contributed by atoms with Gasteiger partial charge in [0.05, 0.1) is 0 Å². The summed E-state index contributed by atoms with van der Waals surface area (Å²) >= 11 is 0. The van der Waals surface area contributed by atoms with Crippen molar-refractivity contribution in [3.63, 3.8) is 0 Å². The quantitative estimate of drug-likeness (QED) is 0.522. The Balaban J connectivity index is 1.92. The second-order valence-electron chi connectivity index (χ2n) is 3.65. The highest BCUT2D eigenvalue weighted by Gasteiger charge is 2.54. The fourth-order valence-corrected chi connectivity index (χ4v) is 1.96. The van der Waals surface area contributed by atoms with E-state index in [0.29, 0.717) is 13.1 Å². The van der Waals surface area contributed by atoms with Crippen LogP contribution >= 0.6 is 0 Å². The molecule has 2 fully saturated rings. The van der Waals surface area contributed by atoms with Crippen LogP contribution in [0.25, 0.3) is 0 Å². The Morgan fingerprint density at radius 3 is 2.55 bits per heavy atom. The maximum Gasteiger partial charge on any atom is 0.407 e. The smallest absolute Gasteiger partial charge is 0.407 e. The van der Waals surface area contributed by atoms with E-state index in [4.69, 9.17) is 10.8 Å². The standard InChI is InChI=1S/C7H12N2O2/c8-5-1-2-7(5)3-9(4-7)6(10)11/h5H,1-4,8H2,(H,10,11)/t5-/m1/s1. The Bertz CT molecular complexity index is 199. The van der Waals surface area contributed by atoms with Crippen molar-refractivity contribution in [3.05, 3.63) is 0 Å². The molecule has 1 amide bonds. The van der Waals surface area contributed by atoms with Crippen molar-refractivity contribution in [3.8, 4) is 0 Å². The van der Waals surface area contributed by atoms with Gasteiger partial charge < -0.3 is 15.7 Å². The van der Waals surface area contributed by atoms with Crippen molar-refractivity contribution in [1.29, 1.82) is 0 Å². The highest BCUT2D eigenvalue weighted by molar-refractivity contribution is 5.66. The van der Waals surface area contributed by atoms with Crippen molar-refractivity contribution in [1.82, 2.24) is 4.90 Å². The number of likely N-dealkylation sites (tertiary alicyclic amines) is 1. The molecule has 0 aromatic carbocycles. The number of nitrogens with two attached hydrogens (primary N) is 1. The third-order valence-electron chi connectivity index (χ3n) is 3.02. The summed E-state index contributed by atoms with van der Waals surface area (Å²) in [6.07, 6.45) is 1.36. The van der Waals surface area contributed by atoms with Crippen LogP contribution in [0.15, 0.2) is 0 Å². The van der Waals surface area contributed by atoms with E-state index in [1.54, 1.807) is 0 Å². The first-order valence-corrected chi connectivity index (χ1v) is 3.87. The van der Waals surface area contributed by atoms with Gasteiger partial charge in [0.25, 0.3) is 0 Å². The van der Waals surface area contributed by atoms with Gasteiger partial charge in [-0.15, -0.1) is 0 Å². The van der Waals surface area contributed by atoms with Gasteiger partial charge in [-0.05, 0) is 12.8 Å². The molecule has 11 heavy (non-hydrogen) atoms. The minimum Gasteiger partial charge on any atom is -0.465 e. The Morgan fingerprint density at radius 1 is 1.64 bits per heavy atom. The molecular weight excluding hydrogens is 144 g/mol. The van der Waals surface area contributed by atoms with Crippen molar-refractivity contribution in [2.45, 2.75) is 18.9 Å². The first kappa shape index (κ1) is 6.91. The lowest BCUT2D eigenvalue weighted by Crippen LogP contribution is -2.70. The van der Waals surface area contributed by atoms with Crippen LogP contribution in [-0.2, 0) is 0 Å². The summed E-state index contributed by atoms with van der Waals surface area (Å²) < 4.78 is 0. The summed E-state index contributed by atoms with van der Waals surface area (Å²) in [6, 6.07) is 0.248. The monoisotopic (exact) mass is 156 g/mol. The normalized spacial score (nSPS) is 32.8. The average molecular weight is 156 g/mol. The second kappa shape index (κ2) is 1.88. The maximum atomic E-state index is 10.4. The van der Waals surface area contributed by atoms with Crippen LogP contribution in [0.3, 0.4) is 0 Å². The van der Waals surface area contributed by atoms with Gasteiger partial charge in [-0.25, -0.2) is 4.79 Å². The third-order valence-corrected chi connectivity index (χ3v) is 3.02. The zero-order chi connectivity index (χ0) is 8.06. The molecule has 2 rings (SSSR count). The van der Waals surface area contributed by atoms with E-state index in [2.05, 4.69) is 0 Å². The molecule has 3 N–H and O–H groups in total. The number of nitrogens with zero attached hydrogens (tertiary/aromatic N) is 1. The first-order valence-electron chi connectivity index (χ1n) is 3.87. The highest BCUT2D eigenvalue weighted by atomic mass is 16.4. The molecule has 4 nitrogen and oxygen atoms in total. The van der Waals surface area contributed by atoms with Gasteiger partial charge in [-0.1, -0.05) is 0 Å². The predicted octanol–water partition coefficient (Wildman–Crippen LogP) is 0.0875. The van der Waals surface area contributed by atoms with E-state index >= 15 is 0 Å². The number of rotatable bonds is 0. The lowest BCUT2D eigenvalue weighted by Gasteiger charge is -2.58. The van der Waals surface area contributed by atoms with Crippen LogP contribution < -0.4 is 5.73 Å². The van der Waals surface area contributed by atoms with Crippen LogP contribution in [0.5, 0.6) is 0 Å². The average Bonchev–Trinajstić information content (AvgIpc) is 1.81. The topological polar surface area (TPSA) is 66.6 Å². The minimum atomic E-state index is -0.810. The molecule has 0 aromatic heterocycles. The molecule has 62 valence electrons. The Kier molecular flexibility index (Phi) is 1.18. The maximum absolute atomic E-state index is 10.4. The predicted molar refractivity (Wildman–Crippen MR) is 39.2 cm³/mol. The molecule has 0 radical (unpaired) electrons. The zero-order valence-electron chi connectivity index (χ0n) is 6.29. The molecular formula is C7H12N2O2. The molecule has 4 heteroatoms. The first-order chi connectivity index (χ1) is 5.14. The van der Waals surface area contributed by atoms with Gasteiger partial charge in [-0.3, -0.25) is 0 Å². The van der Waals surface area contributed by atoms with Crippen LogP contribution in [0.2, 0.25) is 0 Å². The number of hydrogen-bond donors (Lipinski definition) is 2. The zero-order valence-corrected chi connectivity index (χ0v) is 6.29. The van der Waals surface area contributed by atoms with Crippen molar-refractivity contribution < 1.29 is 9.90 Å². The summed E-state index contributed by atoms with van der Waals surface area (Å²) in [7, 11) is 0. The number of amides is 1. The van der Waals surface area contributed by atoms with Gasteiger partial charge >= 0.3 is 6.09 Å². The van der Waals surface area contributed by atoms with Crippen molar-refractivity contribution >= 4 is 6.09 Å². The van der Waals surface area contributed by atoms with Crippen molar-refractivity contribution in [2.24, 2.45) is 11.1 Å². The van der Waals surface area contributed by atoms with Crippen LogP contribution in [0.1, 0.15) is 12.8 Å². The third kappa shape index (κ3) is 0.758. The fraction of sp³-hybridized carbons (Fsp3) is 0.857. The Labute approximate surface area is 65.0 Å². The van der Waals surface area contributed by atoms with Gasteiger partial charge in [0.15, 0.2) is 0 Å². The van der Waals surface area contributed by atoms with Gasteiger partial charge in [-0.2, -0.15) is 0 Å². The van der Waals surface area contributed by atoms with Crippen LogP contribution in [-0.4, -0.2) is 35.2 Å². The SMILES string of the molecule is N[C@@H]1CCC12CN(C(=O)O)C2. The van der Waals surface area contributed by atoms with Crippen LogP contribution in [0, 0.1) is 5.41 Å². The van der Waals surface area contributed by atoms with Gasteiger partial charge in [0, 0.05) is 24.5 Å². The Morgan fingerprint density at radius 2 is 2.27 bits per heavy atom. The molecule has 0 aromatic rings. The highest BCUT2D eigenvalue weighted by Crippen LogP contribution is 2.47. The molecule has 1 saturated heterocycles. The molecule has 1 atom stereocenters. The lowest BCUT2D eigenvalue weighted by atomic mass is 9.60. The summed E-state index contributed by atoms with van der Waals surface area (Å²) in [5, 5.41) is 8.56. The van der Waals surface area contributed by atoms with Gasteiger partial charge in [0.2, 0.25) is 0 Å². The summed E-state index contributed by atoms with van der Waals surface area (Å²) in [5.41, 5.74) is 5.94. The second-order valence-corrected chi connectivity index (χ2v) is 3.65. The molecule has 0 unspecified atom stereocenters. The molecule has 1 aliphatic heterocycles. The molecule has 0 bridgehead atoms. The van der Waals surface area contributed by atoms with E-state index in [9.17, 15) is 4.79 Å². The van der Waals surface area contributed by atoms with Crippen LogP contribution in [0.4, 0.5) is 4.79 Å². The minimum absolute atomic E-state index is 0.179. The van der Waals surface area contributed by atoms with E-state index in [1.807, 2.05) is 0 Å². The van der Waals surface area contributed by atoms with E-state index in [0.717, 1.165) is 12.8 Å².